The van der Waals surface area contributed by atoms with Crippen molar-refractivity contribution in [2.24, 2.45) is 0 Å². The highest BCUT2D eigenvalue weighted by molar-refractivity contribution is 4.98. The molecule has 1 aromatic rings. The van der Waals surface area contributed by atoms with Gasteiger partial charge in [-0.3, -0.25) is 14.9 Å². The first kappa shape index (κ1) is 12.1. The monoisotopic (exact) mass is 246 g/mol. The van der Waals surface area contributed by atoms with Crippen molar-refractivity contribution in [3.63, 3.8) is 0 Å². The van der Waals surface area contributed by atoms with E-state index in [1.165, 1.54) is 45.2 Å². The Kier molecular flexibility index (Phi) is 3.86. The second kappa shape index (κ2) is 5.76. The molecule has 1 aromatic heterocycles. The SMILES string of the molecule is c1cnc(CN2CCCCC2C2CCCN2)cn1. The minimum atomic E-state index is 0.696. The molecule has 2 aliphatic heterocycles. The maximum absolute atomic E-state index is 4.41. The summed E-state index contributed by atoms with van der Waals surface area (Å²) in [5.74, 6) is 0. The van der Waals surface area contributed by atoms with E-state index < -0.39 is 0 Å². The van der Waals surface area contributed by atoms with E-state index in [1.807, 2.05) is 6.20 Å². The van der Waals surface area contributed by atoms with E-state index >= 15 is 0 Å². The van der Waals surface area contributed by atoms with Gasteiger partial charge in [0, 0.05) is 37.2 Å². The van der Waals surface area contributed by atoms with Gasteiger partial charge in [-0.2, -0.15) is 0 Å². The molecule has 2 unspecified atom stereocenters. The summed E-state index contributed by atoms with van der Waals surface area (Å²) in [7, 11) is 0. The fraction of sp³-hybridized carbons (Fsp3) is 0.714. The van der Waals surface area contributed by atoms with Gasteiger partial charge in [-0.1, -0.05) is 6.42 Å². The van der Waals surface area contributed by atoms with Gasteiger partial charge in [-0.25, -0.2) is 0 Å². The average molecular weight is 246 g/mol. The number of hydrogen-bond acceptors (Lipinski definition) is 4. The summed E-state index contributed by atoms with van der Waals surface area (Å²) in [4.78, 5) is 11.2. The molecule has 2 atom stereocenters. The highest BCUT2D eigenvalue weighted by atomic mass is 15.2. The lowest BCUT2D eigenvalue weighted by molar-refractivity contribution is 0.111. The summed E-state index contributed by atoms with van der Waals surface area (Å²) in [6.07, 6.45) is 12.1. The fourth-order valence-corrected chi connectivity index (χ4v) is 3.33. The van der Waals surface area contributed by atoms with Crippen LogP contribution in [0.25, 0.3) is 0 Å². The normalized spacial score (nSPS) is 29.6. The van der Waals surface area contributed by atoms with Gasteiger partial charge in [0.1, 0.15) is 0 Å². The van der Waals surface area contributed by atoms with Crippen LogP contribution in [0.4, 0.5) is 0 Å². The van der Waals surface area contributed by atoms with E-state index in [9.17, 15) is 0 Å². The third-order valence-corrected chi connectivity index (χ3v) is 4.21. The first-order chi connectivity index (χ1) is 8.93. The van der Waals surface area contributed by atoms with Gasteiger partial charge >= 0.3 is 0 Å². The Bertz CT molecular complexity index is 361. The molecule has 1 N–H and O–H groups in total. The fourth-order valence-electron chi connectivity index (χ4n) is 3.33. The zero-order valence-corrected chi connectivity index (χ0v) is 10.9. The topological polar surface area (TPSA) is 41.1 Å². The van der Waals surface area contributed by atoms with Crippen molar-refractivity contribution in [3.05, 3.63) is 24.3 Å². The predicted molar refractivity (Wildman–Crippen MR) is 71.1 cm³/mol. The van der Waals surface area contributed by atoms with E-state index in [-0.39, 0.29) is 0 Å². The van der Waals surface area contributed by atoms with Gasteiger partial charge in [-0.05, 0) is 38.8 Å². The molecule has 2 aliphatic rings. The van der Waals surface area contributed by atoms with Crippen LogP contribution in [0.5, 0.6) is 0 Å². The maximum atomic E-state index is 4.41. The van der Waals surface area contributed by atoms with Crippen LogP contribution in [0.3, 0.4) is 0 Å². The Morgan fingerprint density at radius 1 is 1.22 bits per heavy atom. The van der Waals surface area contributed by atoms with Crippen LogP contribution in [0, 0.1) is 0 Å². The van der Waals surface area contributed by atoms with Crippen LogP contribution in [-0.4, -0.2) is 40.0 Å². The lowest BCUT2D eigenvalue weighted by atomic mass is 9.94. The van der Waals surface area contributed by atoms with Gasteiger partial charge in [0.15, 0.2) is 0 Å². The van der Waals surface area contributed by atoms with Crippen molar-refractivity contribution < 1.29 is 0 Å². The summed E-state index contributed by atoms with van der Waals surface area (Å²) in [6, 6.07) is 1.39. The highest BCUT2D eigenvalue weighted by Crippen LogP contribution is 2.25. The molecular formula is C14H22N4. The smallest absolute Gasteiger partial charge is 0.0726 e. The molecule has 0 saturated carbocycles. The number of likely N-dealkylation sites (tertiary alicyclic amines) is 1. The maximum Gasteiger partial charge on any atom is 0.0726 e. The minimum Gasteiger partial charge on any atom is -0.312 e. The molecular weight excluding hydrogens is 224 g/mol. The van der Waals surface area contributed by atoms with Gasteiger partial charge < -0.3 is 5.32 Å². The molecule has 0 amide bonds. The van der Waals surface area contributed by atoms with Gasteiger partial charge in [0.05, 0.1) is 5.69 Å². The van der Waals surface area contributed by atoms with Crippen LogP contribution >= 0.6 is 0 Å². The third kappa shape index (κ3) is 2.70. The first-order valence-corrected chi connectivity index (χ1v) is 7.16. The quantitative estimate of drug-likeness (QED) is 0.879. The van der Waals surface area contributed by atoms with Crippen molar-refractivity contribution in [1.29, 1.82) is 0 Å². The lowest BCUT2D eigenvalue weighted by Gasteiger charge is -2.39. The number of piperidine rings is 1. The predicted octanol–water partition coefficient (Wildman–Crippen LogP) is 1.58. The van der Waals surface area contributed by atoms with E-state index in [1.54, 1.807) is 12.4 Å². The lowest BCUT2D eigenvalue weighted by Crippen LogP contribution is -2.49. The minimum absolute atomic E-state index is 0.696. The zero-order chi connectivity index (χ0) is 12.2. The van der Waals surface area contributed by atoms with E-state index in [2.05, 4.69) is 20.2 Å². The summed E-state index contributed by atoms with van der Waals surface area (Å²) in [5, 5.41) is 3.66. The highest BCUT2D eigenvalue weighted by Gasteiger charge is 2.31. The standard InChI is InChI=1S/C14H22N4/c1-2-9-18(11-12-10-15-7-8-16-12)14(5-1)13-4-3-6-17-13/h7-8,10,13-14,17H,1-6,9,11H2. The second-order valence-electron chi connectivity index (χ2n) is 5.43. The molecule has 0 aliphatic carbocycles. The zero-order valence-electron chi connectivity index (χ0n) is 10.9. The molecule has 0 spiro atoms. The molecule has 18 heavy (non-hydrogen) atoms. The molecule has 4 heteroatoms. The summed E-state index contributed by atoms with van der Waals surface area (Å²) < 4.78 is 0. The van der Waals surface area contributed by atoms with Crippen molar-refractivity contribution in [2.75, 3.05) is 13.1 Å². The molecule has 2 fully saturated rings. The number of nitrogens with zero attached hydrogens (tertiary/aromatic N) is 3. The van der Waals surface area contributed by atoms with E-state index in [0.29, 0.717) is 12.1 Å². The van der Waals surface area contributed by atoms with Gasteiger partial charge in [-0.15, -0.1) is 0 Å². The van der Waals surface area contributed by atoms with Crippen molar-refractivity contribution in [1.82, 2.24) is 20.2 Å². The Morgan fingerprint density at radius 2 is 2.22 bits per heavy atom. The molecule has 4 nitrogen and oxygen atoms in total. The van der Waals surface area contributed by atoms with Crippen molar-refractivity contribution in [2.45, 2.75) is 50.7 Å². The van der Waals surface area contributed by atoms with Gasteiger partial charge in [0.25, 0.3) is 0 Å². The van der Waals surface area contributed by atoms with Crippen LogP contribution in [-0.2, 0) is 6.54 Å². The van der Waals surface area contributed by atoms with Gasteiger partial charge in [0.2, 0.25) is 0 Å². The Hall–Kier alpha value is -1.00. The number of hydrogen-bond donors (Lipinski definition) is 1. The molecule has 3 rings (SSSR count). The average Bonchev–Trinajstić information content (AvgIpc) is 2.94. The van der Waals surface area contributed by atoms with E-state index in [4.69, 9.17) is 0 Å². The second-order valence-corrected chi connectivity index (χ2v) is 5.43. The molecule has 0 aromatic carbocycles. The van der Waals surface area contributed by atoms with Crippen LogP contribution in [0.2, 0.25) is 0 Å². The largest absolute Gasteiger partial charge is 0.312 e. The first-order valence-electron chi connectivity index (χ1n) is 7.16. The summed E-state index contributed by atoms with van der Waals surface area (Å²) in [6.45, 7) is 3.36. The van der Waals surface area contributed by atoms with Crippen molar-refractivity contribution >= 4 is 0 Å². The number of rotatable bonds is 3. The molecule has 0 radical (unpaired) electrons. The molecule has 3 heterocycles. The Balaban J connectivity index is 1.67. The molecule has 0 bridgehead atoms. The third-order valence-electron chi connectivity index (χ3n) is 4.21. The molecule has 2 saturated heterocycles. The Labute approximate surface area is 109 Å². The molecule has 98 valence electrons. The number of aromatic nitrogens is 2. The van der Waals surface area contributed by atoms with Crippen molar-refractivity contribution in [3.8, 4) is 0 Å². The van der Waals surface area contributed by atoms with Crippen LogP contribution in [0.15, 0.2) is 18.6 Å². The van der Waals surface area contributed by atoms with E-state index in [0.717, 1.165) is 12.2 Å². The summed E-state index contributed by atoms with van der Waals surface area (Å²) in [5.41, 5.74) is 1.10. The Morgan fingerprint density at radius 3 is 3.00 bits per heavy atom. The summed E-state index contributed by atoms with van der Waals surface area (Å²) >= 11 is 0. The van der Waals surface area contributed by atoms with Crippen LogP contribution < -0.4 is 5.32 Å². The van der Waals surface area contributed by atoms with Crippen LogP contribution in [0.1, 0.15) is 37.8 Å². The number of nitrogens with one attached hydrogen (secondary N) is 1.